The normalized spacial score (nSPS) is 15.9. The van der Waals surface area contributed by atoms with Crippen molar-refractivity contribution in [3.8, 4) is 5.75 Å². The number of nitrogens with zero attached hydrogens (tertiary/aromatic N) is 1. The molecule has 9 heteroatoms. The van der Waals surface area contributed by atoms with Crippen molar-refractivity contribution in [2.75, 3.05) is 26.8 Å². The van der Waals surface area contributed by atoms with Gasteiger partial charge in [0, 0.05) is 35.5 Å². The van der Waals surface area contributed by atoms with Crippen LogP contribution in [0.3, 0.4) is 0 Å². The fraction of sp³-hybridized carbons (Fsp3) is 0.333. The van der Waals surface area contributed by atoms with Crippen molar-refractivity contribution < 1.29 is 23.5 Å². The first-order chi connectivity index (χ1) is 21.6. The zero-order valence-corrected chi connectivity index (χ0v) is 26.7. The fourth-order valence-corrected chi connectivity index (χ4v) is 5.95. The van der Waals surface area contributed by atoms with Crippen LogP contribution in [0, 0.1) is 0 Å². The maximum absolute atomic E-state index is 14.3. The maximum atomic E-state index is 14.3. The number of ether oxygens (including phenoxy) is 2. The molecule has 0 saturated carbocycles. The van der Waals surface area contributed by atoms with E-state index in [4.69, 9.17) is 31.2 Å². The molecule has 2 amide bonds. The van der Waals surface area contributed by atoms with Crippen molar-refractivity contribution in [1.82, 2.24) is 10.2 Å². The fourth-order valence-electron chi connectivity index (χ4n) is 5.68. The van der Waals surface area contributed by atoms with Gasteiger partial charge >= 0.3 is 0 Å². The Bertz CT molecular complexity index is 1660. The summed E-state index contributed by atoms with van der Waals surface area (Å²) < 4.78 is 17.5. The molecule has 1 unspecified atom stereocenters. The molecular formula is C36H40ClN3O5. The minimum absolute atomic E-state index is 0.0111. The summed E-state index contributed by atoms with van der Waals surface area (Å²) in [6, 6.07) is 20.6. The topological polar surface area (TPSA) is 107 Å². The molecular weight excluding hydrogens is 590 g/mol. The largest absolute Gasteiger partial charge is 0.495 e. The second-order valence-corrected chi connectivity index (χ2v) is 12.5. The number of methoxy groups -OCH3 is 1. The molecule has 2 atom stereocenters. The van der Waals surface area contributed by atoms with E-state index in [1.54, 1.807) is 24.3 Å². The third kappa shape index (κ3) is 8.14. The Morgan fingerprint density at radius 2 is 1.93 bits per heavy atom. The lowest BCUT2D eigenvalue weighted by molar-refractivity contribution is -0.137. The molecule has 0 bridgehead atoms. The molecule has 0 saturated heterocycles. The van der Waals surface area contributed by atoms with Crippen LogP contribution < -0.4 is 15.8 Å². The van der Waals surface area contributed by atoms with Gasteiger partial charge in [-0.25, -0.2) is 0 Å². The first-order valence-corrected chi connectivity index (χ1v) is 15.5. The van der Waals surface area contributed by atoms with Gasteiger partial charge in [-0.3, -0.25) is 9.59 Å². The molecule has 8 nitrogen and oxygen atoms in total. The van der Waals surface area contributed by atoms with E-state index in [0.29, 0.717) is 43.3 Å². The second-order valence-electron chi connectivity index (χ2n) is 12.1. The highest BCUT2D eigenvalue weighted by atomic mass is 35.5. The Balaban J connectivity index is 1.44. The molecule has 1 aromatic heterocycles. The van der Waals surface area contributed by atoms with Gasteiger partial charge in [0.2, 0.25) is 11.8 Å². The van der Waals surface area contributed by atoms with E-state index in [9.17, 15) is 9.59 Å². The third-order valence-corrected chi connectivity index (χ3v) is 8.26. The lowest BCUT2D eigenvalue weighted by Crippen LogP contribution is -2.51. The summed E-state index contributed by atoms with van der Waals surface area (Å²) in [4.78, 5) is 29.1. The van der Waals surface area contributed by atoms with Crippen LogP contribution in [0.1, 0.15) is 48.4 Å². The molecule has 3 aromatic carbocycles. The van der Waals surface area contributed by atoms with Gasteiger partial charge < -0.3 is 29.8 Å². The SMILES string of the molecule is COc1cc2c(cc1Cl)CCN(C(=O)C(COCc1ccccc1)NC(=O)/C=C/CC(C)(C)N)C[C@H]2c1cccc2ccoc12. The number of fused-ring (bicyclic) bond motifs is 2. The van der Waals surface area contributed by atoms with Gasteiger partial charge in [0.1, 0.15) is 17.4 Å². The number of nitrogens with one attached hydrogen (secondary N) is 1. The van der Waals surface area contributed by atoms with Gasteiger partial charge in [-0.2, -0.15) is 0 Å². The van der Waals surface area contributed by atoms with Crippen LogP contribution in [0.4, 0.5) is 0 Å². The van der Waals surface area contributed by atoms with Gasteiger partial charge in [0.25, 0.3) is 0 Å². The highest BCUT2D eigenvalue weighted by molar-refractivity contribution is 6.32. The molecule has 0 aliphatic carbocycles. The van der Waals surface area contributed by atoms with E-state index in [2.05, 4.69) is 5.32 Å². The number of rotatable bonds is 11. The smallest absolute Gasteiger partial charge is 0.247 e. The molecule has 0 radical (unpaired) electrons. The molecule has 2 heterocycles. The maximum Gasteiger partial charge on any atom is 0.247 e. The zero-order chi connectivity index (χ0) is 32.0. The Morgan fingerprint density at radius 1 is 1.13 bits per heavy atom. The van der Waals surface area contributed by atoms with Crippen molar-refractivity contribution >= 4 is 34.4 Å². The molecule has 236 valence electrons. The number of carbonyl (C=O) groups is 2. The van der Waals surface area contributed by atoms with Gasteiger partial charge in [0.15, 0.2) is 0 Å². The van der Waals surface area contributed by atoms with Crippen LogP contribution in [0.25, 0.3) is 11.0 Å². The Labute approximate surface area is 269 Å². The monoisotopic (exact) mass is 629 g/mol. The lowest BCUT2D eigenvalue weighted by Gasteiger charge is -2.29. The highest BCUT2D eigenvalue weighted by Gasteiger charge is 2.33. The average Bonchev–Trinajstić information content (AvgIpc) is 3.42. The van der Waals surface area contributed by atoms with Crippen LogP contribution >= 0.6 is 11.6 Å². The van der Waals surface area contributed by atoms with Crippen LogP contribution in [-0.2, 0) is 27.4 Å². The minimum atomic E-state index is -0.906. The number of carbonyl (C=O) groups excluding carboxylic acids is 2. The molecule has 1 aliphatic heterocycles. The third-order valence-electron chi connectivity index (χ3n) is 7.96. The number of furan rings is 1. The van der Waals surface area contributed by atoms with Crippen molar-refractivity contribution in [1.29, 1.82) is 0 Å². The minimum Gasteiger partial charge on any atom is -0.495 e. The Hall–Kier alpha value is -4.11. The summed E-state index contributed by atoms with van der Waals surface area (Å²) in [5.74, 6) is -0.279. The first kappa shape index (κ1) is 32.3. The molecule has 45 heavy (non-hydrogen) atoms. The number of nitrogens with two attached hydrogens (primary N) is 1. The first-order valence-electron chi connectivity index (χ1n) is 15.1. The van der Waals surface area contributed by atoms with E-state index >= 15 is 0 Å². The second kappa shape index (κ2) is 14.3. The zero-order valence-electron chi connectivity index (χ0n) is 25.9. The van der Waals surface area contributed by atoms with E-state index in [1.807, 2.05) is 80.6 Å². The number of halogens is 1. The quantitative estimate of drug-likeness (QED) is 0.197. The van der Waals surface area contributed by atoms with Crippen LogP contribution in [0.15, 0.2) is 89.6 Å². The van der Waals surface area contributed by atoms with Crippen molar-refractivity contribution in [2.45, 2.75) is 50.8 Å². The molecule has 4 aromatic rings. The number of hydrogen-bond acceptors (Lipinski definition) is 6. The molecule has 3 N–H and O–H groups in total. The number of benzene rings is 3. The van der Waals surface area contributed by atoms with Crippen molar-refractivity contribution in [2.24, 2.45) is 5.73 Å². The van der Waals surface area contributed by atoms with Crippen LogP contribution in [0.2, 0.25) is 5.02 Å². The van der Waals surface area contributed by atoms with Gasteiger partial charge in [-0.1, -0.05) is 66.2 Å². The summed E-state index contributed by atoms with van der Waals surface area (Å²) in [7, 11) is 1.59. The van der Waals surface area contributed by atoms with Gasteiger partial charge in [-0.15, -0.1) is 0 Å². The summed E-state index contributed by atoms with van der Waals surface area (Å²) >= 11 is 6.57. The highest BCUT2D eigenvalue weighted by Crippen LogP contribution is 2.40. The van der Waals surface area contributed by atoms with Crippen molar-refractivity contribution in [3.05, 3.63) is 112 Å². The summed E-state index contributed by atoms with van der Waals surface area (Å²) in [6.07, 6.45) is 5.92. The predicted octanol–water partition coefficient (Wildman–Crippen LogP) is 6.00. The summed E-state index contributed by atoms with van der Waals surface area (Å²) in [5.41, 5.74) is 10.4. The predicted molar refractivity (Wildman–Crippen MR) is 176 cm³/mol. The van der Waals surface area contributed by atoms with E-state index in [-0.39, 0.29) is 24.3 Å². The van der Waals surface area contributed by atoms with Gasteiger partial charge in [-0.05, 0) is 67.7 Å². The average molecular weight is 630 g/mol. The number of hydrogen-bond donors (Lipinski definition) is 2. The van der Waals surface area contributed by atoms with Crippen molar-refractivity contribution in [3.63, 3.8) is 0 Å². The number of amides is 2. The Kier molecular flexibility index (Phi) is 10.3. The Morgan fingerprint density at radius 3 is 2.69 bits per heavy atom. The molecule has 5 rings (SSSR count). The van der Waals surface area contributed by atoms with Crippen LogP contribution in [-0.4, -0.2) is 55.1 Å². The van der Waals surface area contributed by atoms with Gasteiger partial charge in [0.05, 0.1) is 31.6 Å². The summed E-state index contributed by atoms with van der Waals surface area (Å²) in [6.45, 7) is 4.89. The molecule has 0 spiro atoms. The standard InChI is InChI=1S/C36H40ClN3O5/c1-36(2,38)16-8-13-33(41)39-31(23-44-22-24-9-5-4-6-10-24)35(42)40-17-14-26-19-30(37)32(43-3)20-28(26)29(21-40)27-12-7-11-25-15-18-45-34(25)27/h4-13,15,18-20,29,31H,14,16-17,21-23,38H2,1-3H3,(H,39,41)/b13-8+/t29-,31?/m0/s1. The van der Waals surface area contributed by atoms with E-state index in [0.717, 1.165) is 33.2 Å². The van der Waals surface area contributed by atoms with E-state index in [1.165, 1.54) is 6.08 Å². The number of para-hydroxylation sites is 1. The summed E-state index contributed by atoms with van der Waals surface area (Å²) in [5, 5.41) is 4.38. The molecule has 0 fully saturated rings. The van der Waals surface area contributed by atoms with E-state index < -0.39 is 11.6 Å². The van der Waals surface area contributed by atoms with Crippen LogP contribution in [0.5, 0.6) is 5.75 Å². The lowest BCUT2D eigenvalue weighted by atomic mass is 9.87. The molecule has 1 aliphatic rings.